The number of nitrogens with zero attached hydrogens (tertiary/aromatic N) is 1. The second-order valence-corrected chi connectivity index (χ2v) is 7.89. The molecule has 1 rings (SSSR count). The molecule has 1 saturated heterocycles. The molecular formula is C21H42N4O2. The number of nitrogens with two attached hydrogens (primary N) is 2. The van der Waals surface area contributed by atoms with Gasteiger partial charge in [0.15, 0.2) is 0 Å². The van der Waals surface area contributed by atoms with Crippen LogP contribution in [0.4, 0.5) is 0 Å². The maximum absolute atomic E-state index is 12.6. The topological polar surface area (TPSA) is 101 Å². The average Bonchev–Trinajstić information content (AvgIpc) is 2.68. The summed E-state index contributed by atoms with van der Waals surface area (Å²) in [5.74, 6) is 0.137. The summed E-state index contributed by atoms with van der Waals surface area (Å²) < 4.78 is 0. The predicted molar refractivity (Wildman–Crippen MR) is 111 cm³/mol. The molecule has 0 aromatic rings. The van der Waals surface area contributed by atoms with Crippen molar-refractivity contribution in [1.82, 2.24) is 10.2 Å². The van der Waals surface area contributed by atoms with Gasteiger partial charge < -0.3 is 21.7 Å². The monoisotopic (exact) mass is 382 g/mol. The molecule has 1 aliphatic rings. The molecule has 0 radical (unpaired) electrons. The van der Waals surface area contributed by atoms with E-state index in [0.717, 1.165) is 51.5 Å². The number of hydrogen-bond donors (Lipinski definition) is 3. The molecule has 27 heavy (non-hydrogen) atoms. The maximum atomic E-state index is 12.6. The van der Waals surface area contributed by atoms with Crippen LogP contribution >= 0.6 is 0 Å². The summed E-state index contributed by atoms with van der Waals surface area (Å²) in [5, 5.41) is 2.97. The Morgan fingerprint density at radius 2 is 1.81 bits per heavy atom. The van der Waals surface area contributed by atoms with Gasteiger partial charge in [0.05, 0.1) is 6.04 Å². The molecule has 1 heterocycles. The van der Waals surface area contributed by atoms with Gasteiger partial charge in [-0.25, -0.2) is 0 Å². The molecule has 158 valence electrons. The summed E-state index contributed by atoms with van der Waals surface area (Å²) >= 11 is 0. The van der Waals surface area contributed by atoms with Crippen LogP contribution in [0, 0.1) is 0 Å². The van der Waals surface area contributed by atoms with Crippen molar-refractivity contribution < 1.29 is 9.59 Å². The van der Waals surface area contributed by atoms with Crippen molar-refractivity contribution in [3.63, 3.8) is 0 Å². The molecule has 6 nitrogen and oxygen atoms in total. The highest BCUT2D eigenvalue weighted by Crippen LogP contribution is 2.19. The highest BCUT2D eigenvalue weighted by atomic mass is 16.2. The van der Waals surface area contributed by atoms with Gasteiger partial charge in [-0.2, -0.15) is 0 Å². The first-order valence-electron chi connectivity index (χ1n) is 11.1. The van der Waals surface area contributed by atoms with Crippen molar-refractivity contribution >= 4 is 11.8 Å². The number of amides is 2. The molecule has 2 atom stereocenters. The maximum Gasteiger partial charge on any atom is 0.236 e. The molecule has 2 amide bonds. The smallest absolute Gasteiger partial charge is 0.236 e. The number of likely N-dealkylation sites (tertiary alicyclic amines) is 1. The van der Waals surface area contributed by atoms with Gasteiger partial charge in [-0.15, -0.1) is 0 Å². The van der Waals surface area contributed by atoms with E-state index in [1.807, 2.05) is 4.90 Å². The molecule has 0 aromatic heterocycles. The van der Waals surface area contributed by atoms with Gasteiger partial charge in [0.1, 0.15) is 0 Å². The van der Waals surface area contributed by atoms with Crippen LogP contribution in [0.15, 0.2) is 0 Å². The first kappa shape index (κ1) is 23.9. The highest BCUT2D eigenvalue weighted by molar-refractivity contribution is 5.81. The summed E-state index contributed by atoms with van der Waals surface area (Å²) in [7, 11) is 0. The van der Waals surface area contributed by atoms with E-state index in [1.54, 1.807) is 0 Å². The van der Waals surface area contributed by atoms with Crippen LogP contribution in [0.5, 0.6) is 0 Å². The number of carbonyl (C=O) groups excluding carboxylic acids is 2. The van der Waals surface area contributed by atoms with Crippen molar-refractivity contribution in [2.45, 2.75) is 102 Å². The molecular weight excluding hydrogens is 340 g/mol. The van der Waals surface area contributed by atoms with E-state index in [-0.39, 0.29) is 17.9 Å². The molecule has 6 heteroatoms. The molecule has 0 saturated carbocycles. The molecule has 0 aromatic carbocycles. The largest absolute Gasteiger partial charge is 0.353 e. The second-order valence-electron chi connectivity index (χ2n) is 7.89. The van der Waals surface area contributed by atoms with E-state index in [0.29, 0.717) is 25.9 Å². The Morgan fingerprint density at radius 1 is 1.07 bits per heavy atom. The zero-order valence-electron chi connectivity index (χ0n) is 17.4. The van der Waals surface area contributed by atoms with Crippen molar-refractivity contribution in [3.8, 4) is 0 Å². The van der Waals surface area contributed by atoms with Gasteiger partial charge >= 0.3 is 0 Å². The van der Waals surface area contributed by atoms with Crippen LogP contribution in [0.1, 0.15) is 90.4 Å². The van der Waals surface area contributed by atoms with Crippen LogP contribution in [-0.4, -0.2) is 48.4 Å². The Balaban J connectivity index is 2.32. The number of rotatable bonds is 14. The zero-order chi connectivity index (χ0) is 19.9. The van der Waals surface area contributed by atoms with Crippen molar-refractivity contribution in [2.24, 2.45) is 11.5 Å². The van der Waals surface area contributed by atoms with Crippen molar-refractivity contribution in [1.29, 1.82) is 0 Å². The van der Waals surface area contributed by atoms with Gasteiger partial charge in [-0.3, -0.25) is 9.59 Å². The predicted octanol–water partition coefficient (Wildman–Crippen LogP) is 2.69. The first-order chi connectivity index (χ1) is 13.1. The van der Waals surface area contributed by atoms with E-state index in [1.165, 1.54) is 25.7 Å². The lowest BCUT2D eigenvalue weighted by molar-refractivity contribution is -0.135. The Morgan fingerprint density at radius 3 is 2.56 bits per heavy atom. The van der Waals surface area contributed by atoms with Gasteiger partial charge in [0.2, 0.25) is 11.8 Å². The van der Waals surface area contributed by atoms with E-state index in [9.17, 15) is 9.59 Å². The first-order valence-corrected chi connectivity index (χ1v) is 11.1. The van der Waals surface area contributed by atoms with Gasteiger partial charge in [-0.1, -0.05) is 45.4 Å². The molecule has 0 bridgehead atoms. The minimum atomic E-state index is -0.479. The fourth-order valence-corrected chi connectivity index (χ4v) is 3.73. The lowest BCUT2D eigenvalue weighted by Gasteiger charge is -2.36. The minimum absolute atomic E-state index is 0.110. The highest BCUT2D eigenvalue weighted by Gasteiger charge is 2.27. The number of hydrogen-bond acceptors (Lipinski definition) is 4. The fourth-order valence-electron chi connectivity index (χ4n) is 3.73. The third-order valence-electron chi connectivity index (χ3n) is 5.51. The molecule has 0 spiro atoms. The average molecular weight is 383 g/mol. The van der Waals surface area contributed by atoms with E-state index < -0.39 is 6.04 Å². The molecule has 1 aliphatic heterocycles. The van der Waals surface area contributed by atoms with Crippen LogP contribution in [0.2, 0.25) is 0 Å². The minimum Gasteiger partial charge on any atom is -0.353 e. The van der Waals surface area contributed by atoms with Gasteiger partial charge in [0.25, 0.3) is 0 Å². The summed E-state index contributed by atoms with van der Waals surface area (Å²) in [5.41, 5.74) is 11.4. The Kier molecular flexibility index (Phi) is 13.2. The zero-order valence-corrected chi connectivity index (χ0v) is 17.4. The number of nitrogens with one attached hydrogen (secondary N) is 1. The Bertz CT molecular complexity index is 417. The quantitative estimate of drug-likeness (QED) is 0.402. The molecule has 1 fully saturated rings. The van der Waals surface area contributed by atoms with Gasteiger partial charge in [0, 0.05) is 25.6 Å². The SMILES string of the molecule is CCCCCCCCC(=O)N1CCCCC1CNC(=O)[C@@H](N)CCCCN. The normalized spacial score (nSPS) is 18.3. The van der Waals surface area contributed by atoms with E-state index in [2.05, 4.69) is 12.2 Å². The summed E-state index contributed by atoms with van der Waals surface area (Å²) in [4.78, 5) is 26.8. The van der Waals surface area contributed by atoms with Crippen LogP contribution < -0.4 is 16.8 Å². The van der Waals surface area contributed by atoms with Crippen LogP contribution in [-0.2, 0) is 9.59 Å². The lowest BCUT2D eigenvalue weighted by Crippen LogP contribution is -2.51. The van der Waals surface area contributed by atoms with E-state index >= 15 is 0 Å². The summed E-state index contributed by atoms with van der Waals surface area (Å²) in [6, 6.07) is -0.362. The Hall–Kier alpha value is -1.14. The fraction of sp³-hybridized carbons (Fsp3) is 0.905. The van der Waals surface area contributed by atoms with Crippen LogP contribution in [0.3, 0.4) is 0 Å². The standard InChI is InChI=1S/C21H42N4O2/c1-2-3-4-5-6-7-14-20(26)25-16-11-9-12-18(25)17-24-21(27)19(23)13-8-10-15-22/h18-19H,2-17,22-23H2,1H3,(H,24,27)/t18?,19-/m0/s1. The van der Waals surface area contributed by atoms with E-state index in [4.69, 9.17) is 11.5 Å². The second kappa shape index (κ2) is 14.9. The van der Waals surface area contributed by atoms with Crippen LogP contribution in [0.25, 0.3) is 0 Å². The van der Waals surface area contributed by atoms with Crippen molar-refractivity contribution in [2.75, 3.05) is 19.6 Å². The third-order valence-corrected chi connectivity index (χ3v) is 5.51. The molecule has 5 N–H and O–H groups in total. The summed E-state index contributed by atoms with van der Waals surface area (Å²) in [6.45, 7) is 4.18. The number of carbonyl (C=O) groups is 2. The molecule has 0 aliphatic carbocycles. The molecule has 1 unspecified atom stereocenters. The Labute approximate surface area is 165 Å². The number of piperidine rings is 1. The third kappa shape index (κ3) is 10.1. The summed E-state index contributed by atoms with van der Waals surface area (Å²) in [6.07, 6.45) is 13.3. The lowest BCUT2D eigenvalue weighted by atomic mass is 10.0. The van der Waals surface area contributed by atoms with Crippen molar-refractivity contribution in [3.05, 3.63) is 0 Å². The van der Waals surface area contributed by atoms with Gasteiger partial charge in [-0.05, 0) is 45.1 Å². The number of unbranched alkanes of at least 4 members (excludes halogenated alkanes) is 6.